The van der Waals surface area contributed by atoms with E-state index in [9.17, 15) is 0 Å². The second-order valence-electron chi connectivity index (χ2n) is 10.9. The Morgan fingerprint density at radius 2 is 0.914 bits per heavy atom. The fourth-order valence-corrected chi connectivity index (χ4v) is 7.19. The van der Waals surface area contributed by atoms with Crippen LogP contribution in [-0.2, 0) is 18.3 Å². The Labute approximate surface area is 233 Å². The van der Waals surface area contributed by atoms with E-state index >= 15 is 0 Å². The van der Waals surface area contributed by atoms with Gasteiger partial charge in [-0.15, -0.1) is 0 Å². The molecule has 35 heavy (non-hydrogen) atoms. The third kappa shape index (κ3) is 6.84. The molecular formula is C33H48Br2. The van der Waals surface area contributed by atoms with Gasteiger partial charge in [-0.05, 0) is 96.2 Å². The molecule has 0 spiro atoms. The van der Waals surface area contributed by atoms with Crippen LogP contribution in [0.15, 0.2) is 33.2 Å². The molecule has 0 bridgehead atoms. The summed E-state index contributed by atoms with van der Waals surface area (Å²) >= 11 is 8.03. The van der Waals surface area contributed by atoms with Gasteiger partial charge >= 0.3 is 0 Å². The predicted octanol–water partition coefficient (Wildman–Crippen LogP) is 12.1. The highest BCUT2D eigenvalue weighted by molar-refractivity contribution is 9.10. The molecule has 0 saturated carbocycles. The van der Waals surface area contributed by atoms with Gasteiger partial charge in [0.1, 0.15) is 0 Å². The van der Waals surface area contributed by atoms with Crippen LogP contribution in [0.4, 0.5) is 0 Å². The van der Waals surface area contributed by atoms with Crippen molar-refractivity contribution in [3.63, 3.8) is 0 Å². The van der Waals surface area contributed by atoms with E-state index in [1.165, 1.54) is 134 Å². The molecule has 0 nitrogen and oxygen atoms in total. The van der Waals surface area contributed by atoms with E-state index in [1.54, 1.807) is 11.1 Å². The van der Waals surface area contributed by atoms with Crippen LogP contribution in [0.2, 0.25) is 0 Å². The Morgan fingerprint density at radius 1 is 0.514 bits per heavy atom. The fourth-order valence-electron chi connectivity index (χ4n) is 6.11. The zero-order valence-corrected chi connectivity index (χ0v) is 26.1. The molecule has 194 valence electrons. The van der Waals surface area contributed by atoms with Crippen molar-refractivity contribution in [3.8, 4) is 11.1 Å². The van der Waals surface area contributed by atoms with Gasteiger partial charge in [-0.2, -0.15) is 0 Å². The van der Waals surface area contributed by atoms with Gasteiger partial charge in [0, 0.05) is 14.4 Å². The minimum absolute atomic E-state index is 0.157. The first kappa shape index (κ1) is 29.0. The van der Waals surface area contributed by atoms with E-state index in [0.717, 1.165) is 0 Å². The molecule has 0 unspecified atom stereocenters. The van der Waals surface area contributed by atoms with Gasteiger partial charge in [0.05, 0.1) is 0 Å². The highest BCUT2D eigenvalue weighted by Gasteiger charge is 2.43. The Bertz CT molecular complexity index is 865. The first-order chi connectivity index (χ1) is 17.0. The molecule has 0 saturated heterocycles. The fraction of sp³-hybridized carbons (Fsp3) is 0.636. The van der Waals surface area contributed by atoms with Crippen molar-refractivity contribution in [3.05, 3.63) is 55.5 Å². The van der Waals surface area contributed by atoms with Gasteiger partial charge in [-0.25, -0.2) is 0 Å². The van der Waals surface area contributed by atoms with Crippen LogP contribution in [0.1, 0.15) is 140 Å². The van der Waals surface area contributed by atoms with Crippen LogP contribution >= 0.6 is 31.9 Å². The molecule has 1 aliphatic carbocycles. The number of unbranched alkanes of at least 4 members (excludes halogenated alkanes) is 8. The second-order valence-corrected chi connectivity index (χ2v) is 12.6. The van der Waals surface area contributed by atoms with Crippen molar-refractivity contribution in [1.29, 1.82) is 0 Å². The molecule has 0 atom stereocenters. The first-order valence-corrected chi connectivity index (χ1v) is 16.3. The number of rotatable bonds is 16. The molecule has 0 fully saturated rings. The van der Waals surface area contributed by atoms with E-state index in [0.29, 0.717) is 0 Å². The standard InChI is InChI=1S/C33H48Br2/c1-5-9-13-15-19-33(20-16-14-10-6-2)29-23-31(34)25(17-11-7-3)21-27(29)28-22-26(18-12-8-4)32(35)24-30(28)33/h21-24H,5-20H2,1-4H3. The van der Waals surface area contributed by atoms with E-state index < -0.39 is 0 Å². The maximum Gasteiger partial charge on any atom is 0.0216 e. The third-order valence-electron chi connectivity index (χ3n) is 8.21. The van der Waals surface area contributed by atoms with Crippen LogP contribution in [0.5, 0.6) is 0 Å². The SMILES string of the molecule is CCCCCCC1(CCCCCC)c2cc(Br)c(CCCC)cc2-c2cc(CCCC)c(Br)cc21. The summed E-state index contributed by atoms with van der Waals surface area (Å²) in [5.74, 6) is 0. The molecular weight excluding hydrogens is 556 g/mol. The molecule has 0 aromatic heterocycles. The molecule has 0 N–H and O–H groups in total. The van der Waals surface area contributed by atoms with Gasteiger partial charge in [0.25, 0.3) is 0 Å². The summed E-state index contributed by atoms with van der Waals surface area (Å²) in [5.41, 5.74) is 9.41. The Kier molecular flexibility index (Phi) is 11.9. The number of hydrogen-bond acceptors (Lipinski definition) is 0. The predicted molar refractivity (Wildman–Crippen MR) is 163 cm³/mol. The quantitative estimate of drug-likeness (QED) is 0.167. The molecule has 0 aliphatic heterocycles. The maximum absolute atomic E-state index is 4.02. The maximum atomic E-state index is 4.02. The van der Waals surface area contributed by atoms with Crippen LogP contribution in [-0.4, -0.2) is 0 Å². The Hall–Kier alpha value is -0.600. The van der Waals surface area contributed by atoms with Crippen molar-refractivity contribution in [2.75, 3.05) is 0 Å². The molecule has 2 heteroatoms. The third-order valence-corrected chi connectivity index (χ3v) is 9.68. The lowest BCUT2D eigenvalue weighted by Gasteiger charge is -2.33. The molecule has 0 amide bonds. The normalized spacial score (nSPS) is 13.8. The monoisotopic (exact) mass is 602 g/mol. The minimum Gasteiger partial charge on any atom is -0.0654 e. The van der Waals surface area contributed by atoms with Crippen LogP contribution in [0.3, 0.4) is 0 Å². The summed E-state index contributed by atoms with van der Waals surface area (Å²) < 4.78 is 2.66. The average molecular weight is 605 g/mol. The average Bonchev–Trinajstić information content (AvgIpc) is 3.09. The number of aryl methyl sites for hydroxylation is 2. The lowest BCUT2D eigenvalue weighted by molar-refractivity contribution is 0.400. The van der Waals surface area contributed by atoms with Gasteiger partial charge in [-0.1, -0.05) is 124 Å². The summed E-state index contributed by atoms with van der Waals surface area (Å²) in [6, 6.07) is 10.2. The van der Waals surface area contributed by atoms with Crippen LogP contribution in [0, 0.1) is 0 Å². The van der Waals surface area contributed by atoms with E-state index in [-0.39, 0.29) is 5.41 Å². The zero-order valence-electron chi connectivity index (χ0n) is 22.9. The lowest BCUT2D eigenvalue weighted by atomic mass is 9.70. The molecule has 2 aromatic carbocycles. The molecule has 2 aromatic rings. The minimum atomic E-state index is 0.157. The highest BCUT2D eigenvalue weighted by Crippen LogP contribution is 2.56. The highest BCUT2D eigenvalue weighted by atomic mass is 79.9. The number of hydrogen-bond donors (Lipinski definition) is 0. The van der Waals surface area contributed by atoms with Crippen molar-refractivity contribution >= 4 is 31.9 Å². The van der Waals surface area contributed by atoms with Gasteiger partial charge in [-0.3, -0.25) is 0 Å². The number of halogens is 2. The smallest absolute Gasteiger partial charge is 0.0216 e. The Balaban J connectivity index is 2.14. The first-order valence-electron chi connectivity index (χ1n) is 14.7. The van der Waals surface area contributed by atoms with Gasteiger partial charge in [0.15, 0.2) is 0 Å². The largest absolute Gasteiger partial charge is 0.0654 e. The van der Waals surface area contributed by atoms with E-state index in [2.05, 4.69) is 83.8 Å². The number of fused-ring (bicyclic) bond motifs is 3. The van der Waals surface area contributed by atoms with E-state index in [4.69, 9.17) is 0 Å². The zero-order chi connectivity index (χ0) is 25.3. The molecule has 0 heterocycles. The van der Waals surface area contributed by atoms with Crippen molar-refractivity contribution < 1.29 is 0 Å². The summed E-state index contributed by atoms with van der Waals surface area (Å²) in [4.78, 5) is 0. The summed E-state index contributed by atoms with van der Waals surface area (Å²) in [6.07, 6.45) is 20.5. The number of benzene rings is 2. The summed E-state index contributed by atoms with van der Waals surface area (Å²) in [6.45, 7) is 9.24. The summed E-state index contributed by atoms with van der Waals surface area (Å²) in [7, 11) is 0. The second kappa shape index (κ2) is 14.4. The van der Waals surface area contributed by atoms with Crippen molar-refractivity contribution in [2.24, 2.45) is 0 Å². The topological polar surface area (TPSA) is 0 Å². The van der Waals surface area contributed by atoms with Gasteiger partial charge < -0.3 is 0 Å². The Morgan fingerprint density at radius 3 is 1.29 bits per heavy atom. The molecule has 1 aliphatic rings. The summed E-state index contributed by atoms with van der Waals surface area (Å²) in [5, 5.41) is 0. The molecule has 3 rings (SSSR count). The lowest BCUT2D eigenvalue weighted by Crippen LogP contribution is -2.26. The van der Waals surface area contributed by atoms with Crippen molar-refractivity contribution in [2.45, 2.75) is 136 Å². The molecule has 0 radical (unpaired) electrons. The van der Waals surface area contributed by atoms with Crippen molar-refractivity contribution in [1.82, 2.24) is 0 Å². The van der Waals surface area contributed by atoms with Crippen LogP contribution < -0.4 is 0 Å². The van der Waals surface area contributed by atoms with E-state index in [1.807, 2.05) is 0 Å². The van der Waals surface area contributed by atoms with Gasteiger partial charge in [0.2, 0.25) is 0 Å². The van der Waals surface area contributed by atoms with Crippen LogP contribution in [0.25, 0.3) is 11.1 Å².